The van der Waals surface area contributed by atoms with E-state index in [4.69, 9.17) is 16.3 Å². The summed E-state index contributed by atoms with van der Waals surface area (Å²) < 4.78 is 33.6. The third-order valence-electron chi connectivity index (χ3n) is 4.71. The van der Waals surface area contributed by atoms with Gasteiger partial charge in [0.25, 0.3) is 5.91 Å². The Labute approximate surface area is 206 Å². The van der Waals surface area contributed by atoms with Gasteiger partial charge >= 0.3 is 6.09 Å². The Morgan fingerprint density at radius 1 is 1.06 bits per heavy atom. The first kappa shape index (κ1) is 24.5. The first-order valence-electron chi connectivity index (χ1n) is 10.1. The van der Waals surface area contributed by atoms with Crippen LogP contribution in [0.15, 0.2) is 43.0 Å². The molecule has 0 spiro atoms. The maximum atomic E-state index is 13.9. The minimum absolute atomic E-state index is 0.0778. The maximum Gasteiger partial charge on any atom is 0.413 e. The Hall–Kier alpha value is -4.59. The quantitative estimate of drug-likeness (QED) is 0.367. The summed E-state index contributed by atoms with van der Waals surface area (Å²) in [4.78, 5) is 40.1. The highest BCUT2D eigenvalue weighted by molar-refractivity contribution is 6.29. The number of nitrogens with one attached hydrogen (secondary N) is 2. The van der Waals surface area contributed by atoms with Crippen molar-refractivity contribution in [3.8, 4) is 11.5 Å². The van der Waals surface area contributed by atoms with Crippen molar-refractivity contribution in [1.29, 1.82) is 0 Å². The Bertz CT molecular complexity index is 1420. The number of rotatable bonds is 6. The first-order valence-corrected chi connectivity index (χ1v) is 10.5. The predicted molar refractivity (Wildman–Crippen MR) is 122 cm³/mol. The van der Waals surface area contributed by atoms with Crippen LogP contribution in [0.25, 0.3) is 11.5 Å². The molecule has 0 unspecified atom stereocenters. The zero-order chi connectivity index (χ0) is 25.8. The molecule has 0 aliphatic heterocycles. The first-order chi connectivity index (χ1) is 17.2. The molecular weight excluding hydrogens is 500 g/mol. The Balaban J connectivity index is 1.45. The molecule has 36 heavy (non-hydrogen) atoms. The van der Waals surface area contributed by atoms with Crippen molar-refractivity contribution in [1.82, 2.24) is 34.9 Å². The number of hydrogen-bond acceptors (Lipinski definition) is 9. The predicted octanol–water partition coefficient (Wildman–Crippen LogP) is 3.56. The highest BCUT2D eigenvalue weighted by Gasteiger charge is 2.22. The van der Waals surface area contributed by atoms with E-state index in [0.29, 0.717) is 6.20 Å². The normalized spacial score (nSPS) is 11.6. The smallest absolute Gasteiger partial charge is 0.413 e. The largest absolute Gasteiger partial charge is 0.441 e. The molecule has 4 rings (SSSR count). The number of nitrogens with zero attached hydrogens (tertiary/aromatic N) is 7. The lowest BCUT2D eigenvalue weighted by atomic mass is 10.2. The van der Waals surface area contributed by atoms with Gasteiger partial charge in [0.15, 0.2) is 17.3 Å². The van der Waals surface area contributed by atoms with Crippen LogP contribution >= 0.6 is 11.6 Å². The zero-order valence-electron chi connectivity index (χ0n) is 18.6. The number of aryl methyl sites for hydroxylation is 1. The number of anilines is 2. The molecule has 0 aliphatic rings. The van der Waals surface area contributed by atoms with Crippen molar-refractivity contribution in [2.75, 3.05) is 10.6 Å². The Kier molecular flexibility index (Phi) is 7.05. The summed E-state index contributed by atoms with van der Waals surface area (Å²) >= 11 is 5.72. The number of halogens is 3. The van der Waals surface area contributed by atoms with E-state index in [-0.39, 0.29) is 39.3 Å². The second kappa shape index (κ2) is 10.4. The lowest BCUT2D eigenvalue weighted by molar-refractivity contribution is 0.102. The second-order valence-corrected chi connectivity index (χ2v) is 7.62. The molecule has 2 amide bonds. The van der Waals surface area contributed by atoms with Gasteiger partial charge in [-0.05, 0) is 25.1 Å². The van der Waals surface area contributed by atoms with Crippen molar-refractivity contribution in [2.45, 2.75) is 13.0 Å². The summed E-state index contributed by atoms with van der Waals surface area (Å²) in [5.74, 6) is -2.03. The Morgan fingerprint density at radius 2 is 1.81 bits per heavy atom. The molecule has 12 nitrogen and oxygen atoms in total. The van der Waals surface area contributed by atoms with Crippen molar-refractivity contribution >= 4 is 35.1 Å². The van der Waals surface area contributed by atoms with Gasteiger partial charge in [0.1, 0.15) is 17.1 Å². The third kappa shape index (κ3) is 5.55. The number of hydrogen-bond donors (Lipinski definition) is 2. The summed E-state index contributed by atoms with van der Waals surface area (Å²) in [5, 5.41) is 13.1. The third-order valence-corrected chi connectivity index (χ3v) is 4.94. The lowest BCUT2D eigenvalue weighted by Gasteiger charge is -2.14. The summed E-state index contributed by atoms with van der Waals surface area (Å²) in [5.41, 5.74) is 0.436. The molecule has 0 aromatic carbocycles. The van der Waals surface area contributed by atoms with Crippen molar-refractivity contribution in [3.63, 3.8) is 0 Å². The highest BCUT2D eigenvalue weighted by atomic mass is 35.5. The average Bonchev–Trinajstić information content (AvgIpc) is 3.21. The van der Waals surface area contributed by atoms with Crippen LogP contribution in [0.1, 0.15) is 28.9 Å². The topological polar surface area (TPSA) is 150 Å². The van der Waals surface area contributed by atoms with Crippen LogP contribution in [0, 0.1) is 11.8 Å². The van der Waals surface area contributed by atoms with E-state index >= 15 is 0 Å². The van der Waals surface area contributed by atoms with Crippen LogP contribution in [0.5, 0.6) is 0 Å². The molecule has 4 aromatic heterocycles. The number of carbonyl (C=O) groups is 2. The van der Waals surface area contributed by atoms with Gasteiger partial charge in [-0.15, -0.1) is 5.10 Å². The molecular formula is C21H16ClF2N9O3. The molecule has 4 aromatic rings. The number of ether oxygens (including phenoxy) is 1. The fourth-order valence-corrected chi connectivity index (χ4v) is 3.06. The van der Waals surface area contributed by atoms with E-state index in [2.05, 4.69) is 40.9 Å². The zero-order valence-corrected chi connectivity index (χ0v) is 19.4. The van der Waals surface area contributed by atoms with Gasteiger partial charge in [-0.2, -0.15) is 4.39 Å². The Morgan fingerprint density at radius 3 is 2.50 bits per heavy atom. The maximum absolute atomic E-state index is 13.9. The van der Waals surface area contributed by atoms with Gasteiger partial charge in [-0.3, -0.25) is 10.1 Å². The standard InChI is InChI=1S/C21H16ClF2N9O3/c1-10(14-5-12(23)7-26-17(14)24)36-21(35)30-19-16(31-32-33(19)2)18-27-8-13(9-28-18)29-20(34)11-3-4-15(22)25-6-11/h3-10H,1-2H3,(H,29,34)(H,30,35)/t10-/m1/s1. The van der Waals surface area contributed by atoms with E-state index in [1.54, 1.807) is 0 Å². The van der Waals surface area contributed by atoms with Crippen LogP contribution in [0.2, 0.25) is 5.15 Å². The monoisotopic (exact) mass is 515 g/mol. The van der Waals surface area contributed by atoms with E-state index in [1.165, 1.54) is 49.4 Å². The van der Waals surface area contributed by atoms with Gasteiger partial charge in [0.2, 0.25) is 5.95 Å². The number of amides is 2. The van der Waals surface area contributed by atoms with E-state index < -0.39 is 29.9 Å². The van der Waals surface area contributed by atoms with Gasteiger partial charge < -0.3 is 10.1 Å². The van der Waals surface area contributed by atoms with Crippen LogP contribution < -0.4 is 10.6 Å². The van der Waals surface area contributed by atoms with Crippen LogP contribution in [-0.2, 0) is 11.8 Å². The minimum atomic E-state index is -1.15. The van der Waals surface area contributed by atoms with Crippen molar-refractivity contribution in [3.05, 3.63) is 71.0 Å². The van der Waals surface area contributed by atoms with E-state index in [0.717, 1.165) is 6.07 Å². The molecule has 0 fully saturated rings. The number of aromatic nitrogens is 7. The van der Waals surface area contributed by atoms with Gasteiger partial charge in [0.05, 0.1) is 35.4 Å². The van der Waals surface area contributed by atoms with Crippen LogP contribution in [-0.4, -0.2) is 46.9 Å². The van der Waals surface area contributed by atoms with E-state index in [9.17, 15) is 18.4 Å². The number of pyridine rings is 2. The molecule has 4 heterocycles. The van der Waals surface area contributed by atoms with Gasteiger partial charge in [-0.25, -0.2) is 33.8 Å². The molecule has 0 bridgehead atoms. The highest BCUT2D eigenvalue weighted by Crippen LogP contribution is 2.24. The molecule has 0 aliphatic carbocycles. The molecule has 2 N–H and O–H groups in total. The fraction of sp³-hybridized carbons (Fsp3) is 0.143. The van der Waals surface area contributed by atoms with Crippen molar-refractivity contribution in [2.24, 2.45) is 7.05 Å². The van der Waals surface area contributed by atoms with Crippen LogP contribution in [0.3, 0.4) is 0 Å². The van der Waals surface area contributed by atoms with Gasteiger partial charge in [-0.1, -0.05) is 16.8 Å². The number of carbonyl (C=O) groups excluding carboxylic acids is 2. The summed E-state index contributed by atoms with van der Waals surface area (Å²) in [6.07, 6.45) is 2.57. The molecule has 184 valence electrons. The van der Waals surface area contributed by atoms with Gasteiger partial charge in [0, 0.05) is 13.2 Å². The lowest BCUT2D eigenvalue weighted by Crippen LogP contribution is -2.19. The summed E-state index contributed by atoms with van der Waals surface area (Å²) in [6, 6.07) is 3.88. The minimum Gasteiger partial charge on any atom is -0.441 e. The second-order valence-electron chi connectivity index (χ2n) is 7.24. The molecule has 15 heteroatoms. The molecule has 1 atom stereocenters. The molecule has 0 saturated heterocycles. The van der Waals surface area contributed by atoms with E-state index in [1.807, 2.05) is 0 Å². The average molecular weight is 516 g/mol. The SMILES string of the molecule is C[C@@H](OC(=O)Nc1c(-c2ncc(NC(=O)c3ccc(Cl)nc3)cn2)nnn1C)c1cc(F)cnc1F. The van der Waals surface area contributed by atoms with Crippen molar-refractivity contribution < 1.29 is 23.1 Å². The fourth-order valence-electron chi connectivity index (χ4n) is 2.95. The summed E-state index contributed by atoms with van der Waals surface area (Å²) in [6.45, 7) is 1.36. The molecule has 0 radical (unpaired) electrons. The summed E-state index contributed by atoms with van der Waals surface area (Å²) in [7, 11) is 1.50. The van der Waals surface area contributed by atoms with Crippen LogP contribution in [0.4, 0.5) is 25.1 Å². The molecule has 0 saturated carbocycles.